The zero-order chi connectivity index (χ0) is 12.3. The number of alkyl halides is 2. The van der Waals surface area contributed by atoms with Crippen molar-refractivity contribution in [3.63, 3.8) is 0 Å². The van der Waals surface area contributed by atoms with Gasteiger partial charge in [0.2, 0.25) is 0 Å². The molecule has 0 bridgehead atoms. The summed E-state index contributed by atoms with van der Waals surface area (Å²) in [5.41, 5.74) is 0.00407. The van der Waals surface area contributed by atoms with Crippen molar-refractivity contribution in [2.45, 2.75) is 37.6 Å². The molecule has 1 nitrogen and oxygen atoms in total. The molecule has 0 aliphatic carbocycles. The van der Waals surface area contributed by atoms with Gasteiger partial charge >= 0.3 is 0 Å². The van der Waals surface area contributed by atoms with Gasteiger partial charge in [0.15, 0.2) is 0 Å². The van der Waals surface area contributed by atoms with Gasteiger partial charge in [-0.15, -0.1) is 0 Å². The molecule has 1 aliphatic heterocycles. The van der Waals surface area contributed by atoms with Crippen molar-refractivity contribution in [1.82, 2.24) is 5.32 Å². The van der Waals surface area contributed by atoms with E-state index in [-0.39, 0.29) is 5.56 Å². The first-order valence-electron chi connectivity index (χ1n) is 5.98. The van der Waals surface area contributed by atoms with Gasteiger partial charge in [0.05, 0.1) is 6.04 Å². The standard InChI is InChI=1S/C13H16ClF2N/c14-11-6-4-5-10(9-11)13(15,16)12-7-2-1-3-8-17-12/h4-6,9,12,17H,1-3,7-8H2. The average Bonchev–Trinajstić information content (AvgIpc) is 2.58. The first kappa shape index (κ1) is 12.8. The normalized spacial score (nSPS) is 22.2. The van der Waals surface area contributed by atoms with Crippen molar-refractivity contribution in [2.75, 3.05) is 6.54 Å². The lowest BCUT2D eigenvalue weighted by molar-refractivity contribution is -0.0448. The molecule has 2 rings (SSSR count). The monoisotopic (exact) mass is 259 g/mol. The Balaban J connectivity index is 2.21. The summed E-state index contributed by atoms with van der Waals surface area (Å²) in [5.74, 6) is -2.85. The highest BCUT2D eigenvalue weighted by Crippen LogP contribution is 2.35. The summed E-state index contributed by atoms with van der Waals surface area (Å²) < 4.78 is 28.6. The second kappa shape index (κ2) is 5.32. The van der Waals surface area contributed by atoms with Crippen LogP contribution >= 0.6 is 11.6 Å². The van der Waals surface area contributed by atoms with Crippen molar-refractivity contribution in [3.8, 4) is 0 Å². The summed E-state index contributed by atoms with van der Waals surface area (Å²) >= 11 is 5.77. The Labute approximate surface area is 105 Å². The summed E-state index contributed by atoms with van der Waals surface area (Å²) in [4.78, 5) is 0. The van der Waals surface area contributed by atoms with Crippen molar-refractivity contribution in [1.29, 1.82) is 0 Å². The van der Waals surface area contributed by atoms with E-state index in [0.717, 1.165) is 19.3 Å². The van der Waals surface area contributed by atoms with E-state index in [0.29, 0.717) is 18.0 Å². The van der Waals surface area contributed by atoms with Crippen LogP contribution < -0.4 is 5.32 Å². The highest BCUT2D eigenvalue weighted by atomic mass is 35.5. The maximum Gasteiger partial charge on any atom is 0.288 e. The average molecular weight is 260 g/mol. The van der Waals surface area contributed by atoms with Crippen molar-refractivity contribution in [3.05, 3.63) is 34.9 Å². The third-order valence-corrected chi connectivity index (χ3v) is 3.44. The van der Waals surface area contributed by atoms with E-state index < -0.39 is 12.0 Å². The van der Waals surface area contributed by atoms with Crippen molar-refractivity contribution >= 4 is 11.6 Å². The van der Waals surface area contributed by atoms with Crippen LogP contribution in [0, 0.1) is 0 Å². The zero-order valence-electron chi connectivity index (χ0n) is 9.56. The van der Waals surface area contributed by atoms with Gasteiger partial charge in [0.25, 0.3) is 5.92 Å². The molecule has 17 heavy (non-hydrogen) atoms. The number of rotatable bonds is 2. The molecule has 94 valence electrons. The highest BCUT2D eigenvalue weighted by molar-refractivity contribution is 6.30. The number of hydrogen-bond acceptors (Lipinski definition) is 1. The Morgan fingerprint density at radius 3 is 2.82 bits per heavy atom. The quantitative estimate of drug-likeness (QED) is 0.848. The van der Waals surface area contributed by atoms with Crippen LogP contribution in [0.5, 0.6) is 0 Å². The lowest BCUT2D eigenvalue weighted by Crippen LogP contribution is -2.42. The van der Waals surface area contributed by atoms with Crippen LogP contribution in [0.2, 0.25) is 5.02 Å². The molecule has 1 atom stereocenters. The largest absolute Gasteiger partial charge is 0.308 e. The van der Waals surface area contributed by atoms with Crippen LogP contribution in [0.25, 0.3) is 0 Å². The van der Waals surface area contributed by atoms with Gasteiger partial charge in [-0.05, 0) is 31.5 Å². The first-order valence-corrected chi connectivity index (χ1v) is 6.36. The molecule has 0 spiro atoms. The highest BCUT2D eigenvalue weighted by Gasteiger charge is 2.41. The number of benzene rings is 1. The second-order valence-electron chi connectivity index (χ2n) is 4.49. The van der Waals surface area contributed by atoms with E-state index in [1.165, 1.54) is 12.1 Å². The minimum atomic E-state index is -2.85. The van der Waals surface area contributed by atoms with Gasteiger partial charge in [-0.1, -0.05) is 36.6 Å². The van der Waals surface area contributed by atoms with Crippen LogP contribution in [-0.4, -0.2) is 12.6 Å². The molecule has 1 aliphatic rings. The van der Waals surface area contributed by atoms with Gasteiger partial charge in [-0.25, -0.2) is 0 Å². The van der Waals surface area contributed by atoms with E-state index in [4.69, 9.17) is 11.6 Å². The smallest absolute Gasteiger partial charge is 0.288 e. The molecule has 1 unspecified atom stereocenters. The van der Waals surface area contributed by atoms with E-state index in [9.17, 15) is 8.78 Å². The molecule has 1 fully saturated rings. The molecule has 0 radical (unpaired) electrons. The summed E-state index contributed by atoms with van der Waals surface area (Å²) in [6.45, 7) is 0.667. The predicted octanol–water partition coefficient (Wildman–Crippen LogP) is 3.96. The zero-order valence-corrected chi connectivity index (χ0v) is 10.3. The second-order valence-corrected chi connectivity index (χ2v) is 4.93. The van der Waals surface area contributed by atoms with E-state index in [1.807, 2.05) is 0 Å². The number of hydrogen-bond donors (Lipinski definition) is 1. The Morgan fingerprint density at radius 1 is 1.24 bits per heavy atom. The van der Waals surface area contributed by atoms with Crippen molar-refractivity contribution < 1.29 is 8.78 Å². The molecule has 0 amide bonds. The van der Waals surface area contributed by atoms with Crippen LogP contribution in [0.4, 0.5) is 8.78 Å². The molecular formula is C13H16ClF2N. The topological polar surface area (TPSA) is 12.0 Å². The Kier molecular flexibility index (Phi) is 4.00. The van der Waals surface area contributed by atoms with Gasteiger partial charge in [0, 0.05) is 10.6 Å². The minimum absolute atomic E-state index is 0.00407. The van der Waals surface area contributed by atoms with Crippen LogP contribution in [-0.2, 0) is 5.92 Å². The van der Waals surface area contributed by atoms with Crippen molar-refractivity contribution in [2.24, 2.45) is 0 Å². The van der Waals surface area contributed by atoms with E-state index in [1.54, 1.807) is 12.1 Å². The number of nitrogens with one attached hydrogen (secondary N) is 1. The third-order valence-electron chi connectivity index (χ3n) is 3.21. The minimum Gasteiger partial charge on any atom is -0.308 e. The molecule has 0 aromatic heterocycles. The molecular weight excluding hydrogens is 244 g/mol. The van der Waals surface area contributed by atoms with Gasteiger partial charge in [-0.2, -0.15) is 8.78 Å². The van der Waals surface area contributed by atoms with Gasteiger partial charge < -0.3 is 5.32 Å². The molecule has 1 aromatic carbocycles. The first-order chi connectivity index (χ1) is 8.10. The summed E-state index contributed by atoms with van der Waals surface area (Å²) in [6.07, 6.45) is 3.37. The Bertz CT molecular complexity index is 373. The lowest BCUT2D eigenvalue weighted by atomic mass is 9.97. The summed E-state index contributed by atoms with van der Waals surface area (Å²) in [5, 5.41) is 3.30. The number of halogens is 3. The Hall–Kier alpha value is -0.670. The Morgan fingerprint density at radius 2 is 2.06 bits per heavy atom. The lowest BCUT2D eigenvalue weighted by Gasteiger charge is -2.27. The van der Waals surface area contributed by atoms with E-state index >= 15 is 0 Å². The third kappa shape index (κ3) is 2.96. The molecule has 1 heterocycles. The molecule has 1 aromatic rings. The molecule has 0 saturated carbocycles. The predicted molar refractivity (Wildman–Crippen MR) is 65.6 cm³/mol. The van der Waals surface area contributed by atoms with Crippen LogP contribution in [0.15, 0.2) is 24.3 Å². The van der Waals surface area contributed by atoms with Crippen LogP contribution in [0.1, 0.15) is 31.2 Å². The summed E-state index contributed by atoms with van der Waals surface area (Å²) in [6, 6.07) is 5.21. The fraction of sp³-hybridized carbons (Fsp3) is 0.538. The SMILES string of the molecule is FC(F)(c1cccc(Cl)c1)C1CCCCCN1. The molecule has 4 heteroatoms. The molecule has 1 N–H and O–H groups in total. The molecule has 1 saturated heterocycles. The fourth-order valence-corrected chi connectivity index (χ4v) is 2.43. The van der Waals surface area contributed by atoms with Gasteiger partial charge in [-0.3, -0.25) is 0 Å². The fourth-order valence-electron chi connectivity index (χ4n) is 2.24. The van der Waals surface area contributed by atoms with Crippen LogP contribution in [0.3, 0.4) is 0 Å². The maximum absolute atomic E-state index is 14.3. The maximum atomic E-state index is 14.3. The van der Waals surface area contributed by atoms with Gasteiger partial charge in [0.1, 0.15) is 0 Å². The van der Waals surface area contributed by atoms with E-state index in [2.05, 4.69) is 5.32 Å². The summed E-state index contributed by atoms with van der Waals surface area (Å²) in [7, 11) is 0.